The first kappa shape index (κ1) is 18.8. The Hall–Kier alpha value is -2.17. The maximum Gasteiger partial charge on any atom is 0.303 e. The molecule has 0 aliphatic rings. The Balaban J connectivity index is 4.56. The lowest BCUT2D eigenvalue weighted by Gasteiger charge is -2.09. The molecule has 0 spiro atoms. The summed E-state index contributed by atoms with van der Waals surface area (Å²) in [5, 5.41) is 8.76. The number of carbonyl (C=O) groups is 3. The van der Waals surface area contributed by atoms with Gasteiger partial charge in [0.1, 0.15) is 0 Å². The molecule has 0 radical (unpaired) electrons. The topological polar surface area (TPSA) is 97.5 Å². The third-order valence-electron chi connectivity index (χ3n) is 2.99. The number of primary amides is 1. The van der Waals surface area contributed by atoms with Crippen LogP contribution in [0, 0.1) is 11.8 Å². The third-order valence-corrected chi connectivity index (χ3v) is 2.99. The summed E-state index contributed by atoms with van der Waals surface area (Å²) in [6.45, 7) is 7.25. The van der Waals surface area contributed by atoms with Gasteiger partial charge in [0.2, 0.25) is 5.91 Å². The largest absolute Gasteiger partial charge is 0.481 e. The quantitative estimate of drug-likeness (QED) is 0.476. The van der Waals surface area contributed by atoms with Crippen molar-refractivity contribution < 1.29 is 19.5 Å². The second-order valence-electron chi connectivity index (χ2n) is 5.08. The number of hydrogen-bond acceptors (Lipinski definition) is 3. The summed E-state index contributed by atoms with van der Waals surface area (Å²) in [4.78, 5) is 33.4. The van der Waals surface area contributed by atoms with E-state index in [2.05, 4.69) is 6.58 Å². The Morgan fingerprint density at radius 1 is 1.29 bits per heavy atom. The van der Waals surface area contributed by atoms with Crippen molar-refractivity contribution in [3.63, 3.8) is 0 Å². The van der Waals surface area contributed by atoms with Crippen molar-refractivity contribution in [1.82, 2.24) is 0 Å². The summed E-state index contributed by atoms with van der Waals surface area (Å²) in [6, 6.07) is 0. The number of rotatable bonds is 10. The van der Waals surface area contributed by atoms with Crippen LogP contribution in [0.1, 0.15) is 33.1 Å². The van der Waals surface area contributed by atoms with Crippen molar-refractivity contribution in [2.45, 2.75) is 33.1 Å². The van der Waals surface area contributed by atoms with Crippen LogP contribution in [0.5, 0.6) is 0 Å². The van der Waals surface area contributed by atoms with Crippen LogP contribution in [0.15, 0.2) is 36.5 Å². The lowest BCUT2D eigenvalue weighted by Crippen LogP contribution is -2.18. The van der Waals surface area contributed by atoms with E-state index in [-0.39, 0.29) is 30.5 Å². The zero-order valence-electron chi connectivity index (χ0n) is 12.5. The second kappa shape index (κ2) is 9.69. The predicted octanol–water partition coefficient (Wildman–Crippen LogP) is 2.24. The van der Waals surface area contributed by atoms with Crippen LogP contribution in [0.25, 0.3) is 0 Å². The molecule has 0 rings (SSSR count). The summed E-state index contributed by atoms with van der Waals surface area (Å²) in [6.07, 6.45) is 6.68. The molecule has 0 aliphatic carbocycles. The SMILES string of the molecule is C=C/C(C)=C/[C@@H](C)C(=O)/C=C/CC(CC(N)=O)CC(=O)O. The summed E-state index contributed by atoms with van der Waals surface area (Å²) in [7, 11) is 0. The minimum atomic E-state index is -0.987. The maximum atomic E-state index is 11.8. The van der Waals surface area contributed by atoms with Crippen LogP contribution in [0.2, 0.25) is 0 Å². The van der Waals surface area contributed by atoms with Crippen LogP contribution in [-0.4, -0.2) is 22.8 Å². The standard InChI is InChI=1S/C16H23NO4/c1-4-11(2)8-12(3)14(18)7-5-6-13(9-15(17)19)10-16(20)21/h4-5,7-8,12-13H,1,6,9-10H2,2-3H3,(H2,17,19)(H,20,21)/b7-5+,11-8+/t12-,13?/m1/s1. The molecular formula is C16H23NO4. The number of aliphatic carboxylic acids is 1. The van der Waals surface area contributed by atoms with Crippen molar-refractivity contribution in [1.29, 1.82) is 0 Å². The van der Waals surface area contributed by atoms with Crippen molar-refractivity contribution in [3.8, 4) is 0 Å². The van der Waals surface area contributed by atoms with Crippen molar-refractivity contribution >= 4 is 17.7 Å². The van der Waals surface area contributed by atoms with E-state index in [0.29, 0.717) is 6.42 Å². The molecule has 2 atom stereocenters. The van der Waals surface area contributed by atoms with Crippen molar-refractivity contribution in [2.75, 3.05) is 0 Å². The zero-order valence-corrected chi connectivity index (χ0v) is 12.5. The average Bonchev–Trinajstić information content (AvgIpc) is 2.36. The molecule has 21 heavy (non-hydrogen) atoms. The summed E-state index contributed by atoms with van der Waals surface area (Å²) in [5.41, 5.74) is 6.00. The lowest BCUT2D eigenvalue weighted by molar-refractivity contribution is -0.138. The molecule has 5 nitrogen and oxygen atoms in total. The van der Waals surface area contributed by atoms with E-state index < -0.39 is 11.9 Å². The average molecular weight is 293 g/mol. The number of carbonyl (C=O) groups excluding carboxylic acids is 2. The highest BCUT2D eigenvalue weighted by molar-refractivity contribution is 5.92. The van der Waals surface area contributed by atoms with Crippen LogP contribution in [0.3, 0.4) is 0 Å². The normalized spacial score (nSPS) is 14.7. The molecule has 116 valence electrons. The first-order valence-corrected chi connectivity index (χ1v) is 6.77. The molecule has 0 aromatic rings. The van der Waals surface area contributed by atoms with Crippen LogP contribution in [0.4, 0.5) is 0 Å². The van der Waals surface area contributed by atoms with Gasteiger partial charge in [0.15, 0.2) is 5.78 Å². The Bertz CT molecular complexity index is 447. The predicted molar refractivity (Wildman–Crippen MR) is 81.4 cm³/mol. The van der Waals surface area contributed by atoms with Gasteiger partial charge in [-0.05, 0) is 25.3 Å². The molecular weight excluding hydrogens is 270 g/mol. The Morgan fingerprint density at radius 3 is 2.38 bits per heavy atom. The van der Waals surface area contributed by atoms with Crippen molar-refractivity contribution in [3.05, 3.63) is 36.5 Å². The minimum absolute atomic E-state index is 0.00411. The van der Waals surface area contributed by atoms with E-state index in [0.717, 1.165) is 5.57 Å². The first-order chi connectivity index (χ1) is 9.76. The van der Waals surface area contributed by atoms with E-state index in [4.69, 9.17) is 10.8 Å². The first-order valence-electron chi connectivity index (χ1n) is 6.77. The molecule has 0 saturated heterocycles. The van der Waals surface area contributed by atoms with Crippen LogP contribution >= 0.6 is 0 Å². The monoisotopic (exact) mass is 293 g/mol. The molecule has 0 bridgehead atoms. The van der Waals surface area contributed by atoms with Crippen LogP contribution < -0.4 is 5.73 Å². The van der Waals surface area contributed by atoms with E-state index in [9.17, 15) is 14.4 Å². The number of allylic oxidation sites excluding steroid dienone is 5. The molecule has 0 heterocycles. The van der Waals surface area contributed by atoms with Gasteiger partial charge >= 0.3 is 5.97 Å². The number of carboxylic acids is 1. The van der Waals surface area contributed by atoms with E-state index in [1.165, 1.54) is 6.08 Å². The Labute approximate surface area is 125 Å². The second-order valence-corrected chi connectivity index (χ2v) is 5.08. The van der Waals surface area contributed by atoms with Gasteiger partial charge in [-0.1, -0.05) is 37.3 Å². The summed E-state index contributed by atoms with van der Waals surface area (Å²) in [5.74, 6) is -2.26. The number of carboxylic acid groups (broad SMARTS) is 1. The van der Waals surface area contributed by atoms with Gasteiger partial charge in [-0.2, -0.15) is 0 Å². The van der Waals surface area contributed by atoms with Gasteiger partial charge in [0.25, 0.3) is 0 Å². The Kier molecular flexibility index (Phi) is 8.69. The van der Waals surface area contributed by atoms with Gasteiger partial charge in [-0.15, -0.1) is 0 Å². The third kappa shape index (κ3) is 9.38. The molecule has 3 N–H and O–H groups in total. The fourth-order valence-corrected chi connectivity index (χ4v) is 1.84. The van der Waals surface area contributed by atoms with Gasteiger partial charge in [-0.25, -0.2) is 0 Å². The Morgan fingerprint density at radius 2 is 1.90 bits per heavy atom. The molecule has 0 fully saturated rings. The van der Waals surface area contributed by atoms with Gasteiger partial charge in [-0.3, -0.25) is 14.4 Å². The van der Waals surface area contributed by atoms with Crippen molar-refractivity contribution in [2.24, 2.45) is 17.6 Å². The maximum absolute atomic E-state index is 11.8. The number of amides is 1. The highest BCUT2D eigenvalue weighted by atomic mass is 16.4. The summed E-state index contributed by atoms with van der Waals surface area (Å²) < 4.78 is 0. The molecule has 0 aromatic heterocycles. The minimum Gasteiger partial charge on any atom is -0.481 e. The van der Waals surface area contributed by atoms with Gasteiger partial charge in [0.05, 0.1) is 0 Å². The number of hydrogen-bond donors (Lipinski definition) is 2. The fourth-order valence-electron chi connectivity index (χ4n) is 1.84. The zero-order chi connectivity index (χ0) is 16.4. The summed E-state index contributed by atoms with van der Waals surface area (Å²) >= 11 is 0. The fraction of sp³-hybridized carbons (Fsp3) is 0.438. The van der Waals surface area contributed by atoms with E-state index >= 15 is 0 Å². The lowest BCUT2D eigenvalue weighted by atomic mass is 9.96. The highest BCUT2D eigenvalue weighted by Gasteiger charge is 2.15. The highest BCUT2D eigenvalue weighted by Crippen LogP contribution is 2.14. The van der Waals surface area contributed by atoms with E-state index in [1.807, 2.05) is 6.92 Å². The molecule has 0 saturated carbocycles. The van der Waals surface area contributed by atoms with Gasteiger partial charge in [0, 0.05) is 18.8 Å². The van der Waals surface area contributed by atoms with E-state index in [1.54, 1.807) is 25.2 Å². The molecule has 0 aliphatic heterocycles. The number of nitrogens with two attached hydrogens (primary N) is 1. The molecule has 1 unspecified atom stereocenters. The molecule has 5 heteroatoms. The van der Waals surface area contributed by atoms with Crippen LogP contribution in [-0.2, 0) is 14.4 Å². The smallest absolute Gasteiger partial charge is 0.303 e. The van der Waals surface area contributed by atoms with Gasteiger partial charge < -0.3 is 10.8 Å². The molecule has 0 aromatic carbocycles. The number of ketones is 1. The molecule has 1 amide bonds.